The first kappa shape index (κ1) is 9.47. The number of rotatable bonds is 1. The van der Waals surface area contributed by atoms with Crippen LogP contribution in [-0.4, -0.2) is 21.3 Å². The van der Waals surface area contributed by atoms with Crippen LogP contribution in [0.15, 0.2) is 6.07 Å². The minimum Gasteiger partial charge on any atom is -0.503 e. The third kappa shape index (κ3) is 1.46. The molecule has 5 nitrogen and oxygen atoms in total. The Hall–Kier alpha value is -1.62. The van der Waals surface area contributed by atoms with Crippen molar-refractivity contribution in [1.29, 1.82) is 0 Å². The number of aromatic hydroxyl groups is 2. The molecule has 0 radical (unpaired) electrons. The maximum atomic E-state index is 10.5. The molecule has 0 aliphatic heterocycles. The van der Waals surface area contributed by atoms with Crippen molar-refractivity contribution in [3.63, 3.8) is 0 Å². The number of phenolic OH excluding ortho intramolecular Hbond substituents is 2. The molecule has 0 fully saturated rings. The fourth-order valence-corrected chi connectivity index (χ4v) is 1.02. The molecule has 1 aromatic rings. The smallest absolute Gasteiger partial charge is 0.337 e. The van der Waals surface area contributed by atoms with Crippen LogP contribution in [0.4, 0.5) is 5.69 Å². The third-order valence-corrected chi connectivity index (χ3v) is 1.79. The number of phenols is 2. The zero-order valence-corrected chi connectivity index (χ0v) is 7.04. The number of hydrogen-bond donors (Lipinski definition) is 4. The summed E-state index contributed by atoms with van der Waals surface area (Å²) < 4.78 is 0. The topological polar surface area (TPSA) is 104 Å². The number of carboxylic acids is 1. The Morgan fingerprint density at radius 3 is 2.38 bits per heavy atom. The maximum absolute atomic E-state index is 10.5. The molecule has 0 atom stereocenters. The van der Waals surface area contributed by atoms with Gasteiger partial charge in [-0.15, -0.1) is 0 Å². The lowest BCUT2D eigenvalue weighted by atomic mass is 10.1. The second-order valence-corrected chi connectivity index (χ2v) is 2.73. The van der Waals surface area contributed by atoms with Gasteiger partial charge in [-0.1, -0.05) is 11.6 Å². The monoisotopic (exact) mass is 203 g/mol. The molecule has 13 heavy (non-hydrogen) atoms. The number of aromatic carboxylic acids is 1. The van der Waals surface area contributed by atoms with E-state index in [1.54, 1.807) is 0 Å². The first-order chi connectivity index (χ1) is 5.95. The summed E-state index contributed by atoms with van der Waals surface area (Å²) in [7, 11) is 0. The van der Waals surface area contributed by atoms with E-state index in [1.165, 1.54) is 0 Å². The van der Waals surface area contributed by atoms with Gasteiger partial charge in [-0.05, 0) is 6.07 Å². The number of benzene rings is 1. The van der Waals surface area contributed by atoms with E-state index in [0.29, 0.717) is 0 Å². The van der Waals surface area contributed by atoms with E-state index < -0.39 is 23.2 Å². The van der Waals surface area contributed by atoms with E-state index in [9.17, 15) is 4.79 Å². The van der Waals surface area contributed by atoms with Crippen LogP contribution < -0.4 is 5.73 Å². The highest BCUT2D eigenvalue weighted by Crippen LogP contribution is 2.39. The Morgan fingerprint density at radius 2 is 1.92 bits per heavy atom. The number of halogens is 1. The van der Waals surface area contributed by atoms with Gasteiger partial charge in [-0.25, -0.2) is 4.79 Å². The van der Waals surface area contributed by atoms with Crippen molar-refractivity contribution in [3.05, 3.63) is 16.7 Å². The van der Waals surface area contributed by atoms with E-state index >= 15 is 0 Å². The zero-order valence-electron chi connectivity index (χ0n) is 6.28. The molecule has 6 heteroatoms. The summed E-state index contributed by atoms with van der Waals surface area (Å²) in [6.07, 6.45) is 0. The van der Waals surface area contributed by atoms with Gasteiger partial charge in [0, 0.05) is 0 Å². The molecular formula is C7H6ClNO4. The van der Waals surface area contributed by atoms with E-state index in [1.807, 2.05) is 0 Å². The lowest BCUT2D eigenvalue weighted by molar-refractivity contribution is 0.0697. The predicted octanol–water partition coefficient (Wildman–Crippen LogP) is 1.03. The highest BCUT2D eigenvalue weighted by atomic mass is 35.5. The summed E-state index contributed by atoms with van der Waals surface area (Å²) in [5, 5.41) is 26.4. The van der Waals surface area contributed by atoms with Gasteiger partial charge in [0.25, 0.3) is 0 Å². The van der Waals surface area contributed by atoms with Crippen LogP contribution in [-0.2, 0) is 0 Å². The molecule has 0 amide bonds. The molecular weight excluding hydrogens is 198 g/mol. The number of hydrogen-bond acceptors (Lipinski definition) is 4. The van der Waals surface area contributed by atoms with Gasteiger partial charge in [0.15, 0.2) is 11.5 Å². The van der Waals surface area contributed by atoms with Crippen LogP contribution in [0.2, 0.25) is 5.02 Å². The summed E-state index contributed by atoms with van der Waals surface area (Å²) >= 11 is 5.41. The highest BCUT2D eigenvalue weighted by molar-refractivity contribution is 6.33. The minimum atomic E-state index is -1.32. The van der Waals surface area contributed by atoms with Crippen LogP contribution in [0.5, 0.6) is 11.5 Å². The van der Waals surface area contributed by atoms with Crippen molar-refractivity contribution in [2.24, 2.45) is 0 Å². The third-order valence-electron chi connectivity index (χ3n) is 1.50. The molecule has 70 valence electrons. The lowest BCUT2D eigenvalue weighted by Gasteiger charge is -2.06. The van der Waals surface area contributed by atoms with Crippen molar-refractivity contribution in [1.82, 2.24) is 0 Å². The fraction of sp³-hybridized carbons (Fsp3) is 0. The van der Waals surface area contributed by atoms with Crippen molar-refractivity contribution in [3.8, 4) is 11.5 Å². The molecule has 5 N–H and O–H groups in total. The van der Waals surface area contributed by atoms with Crippen LogP contribution in [0.3, 0.4) is 0 Å². The molecule has 1 aromatic carbocycles. The molecule has 0 aliphatic rings. The van der Waals surface area contributed by atoms with Gasteiger partial charge >= 0.3 is 5.97 Å². The maximum Gasteiger partial charge on any atom is 0.337 e. The lowest BCUT2D eigenvalue weighted by Crippen LogP contribution is -2.02. The van der Waals surface area contributed by atoms with Crippen LogP contribution >= 0.6 is 11.6 Å². The van der Waals surface area contributed by atoms with Gasteiger partial charge in [-0.2, -0.15) is 0 Å². The van der Waals surface area contributed by atoms with E-state index in [-0.39, 0.29) is 10.6 Å². The minimum absolute atomic E-state index is 0.260. The Labute approximate surface area is 78.0 Å². The molecule has 0 saturated carbocycles. The van der Waals surface area contributed by atoms with Gasteiger partial charge in [0.2, 0.25) is 0 Å². The Balaban J connectivity index is 3.50. The van der Waals surface area contributed by atoms with E-state index in [2.05, 4.69) is 0 Å². The summed E-state index contributed by atoms with van der Waals surface area (Å²) in [6.45, 7) is 0. The molecule has 0 saturated heterocycles. The van der Waals surface area contributed by atoms with Gasteiger partial charge in [0.1, 0.15) is 0 Å². The molecule has 0 unspecified atom stereocenters. The molecule has 1 rings (SSSR count). The SMILES string of the molecule is Nc1c(C(=O)O)cc(Cl)c(O)c1O. The van der Waals surface area contributed by atoms with Crippen molar-refractivity contribution in [2.75, 3.05) is 5.73 Å². The number of carboxylic acid groups (broad SMARTS) is 1. The van der Waals surface area contributed by atoms with E-state index in [0.717, 1.165) is 6.07 Å². The Bertz CT molecular complexity index is 377. The number of anilines is 1. The quantitative estimate of drug-likeness (QED) is 0.403. The van der Waals surface area contributed by atoms with Crippen LogP contribution in [0, 0.1) is 0 Å². The Kier molecular flexibility index (Phi) is 2.20. The summed E-state index contributed by atoms with van der Waals surface area (Å²) in [4.78, 5) is 10.5. The van der Waals surface area contributed by atoms with Crippen molar-refractivity contribution >= 4 is 23.3 Å². The van der Waals surface area contributed by atoms with E-state index in [4.69, 9.17) is 32.7 Å². The normalized spacial score (nSPS) is 9.92. The fourth-order valence-electron chi connectivity index (χ4n) is 0.818. The average Bonchev–Trinajstić information content (AvgIpc) is 2.07. The highest BCUT2D eigenvalue weighted by Gasteiger charge is 2.17. The molecule has 0 spiro atoms. The van der Waals surface area contributed by atoms with Gasteiger partial charge in [-0.3, -0.25) is 0 Å². The number of nitrogen functional groups attached to an aromatic ring is 1. The van der Waals surface area contributed by atoms with Crippen LogP contribution in [0.25, 0.3) is 0 Å². The molecule has 0 bridgehead atoms. The summed E-state index contributed by atoms with van der Waals surface area (Å²) in [6, 6.07) is 0.967. The molecule has 0 heterocycles. The van der Waals surface area contributed by atoms with Crippen molar-refractivity contribution < 1.29 is 20.1 Å². The largest absolute Gasteiger partial charge is 0.503 e. The standard InChI is InChI=1S/C7H6ClNO4/c8-3-1-2(7(12)13)4(9)6(11)5(3)10/h1,10-11H,9H2,(H,12,13). The first-order valence-corrected chi connectivity index (χ1v) is 3.56. The number of carbonyl (C=O) groups is 1. The van der Waals surface area contributed by atoms with Gasteiger partial charge in [0.05, 0.1) is 16.3 Å². The van der Waals surface area contributed by atoms with Crippen LogP contribution in [0.1, 0.15) is 10.4 Å². The predicted molar refractivity (Wildman–Crippen MR) is 46.2 cm³/mol. The summed E-state index contributed by atoms with van der Waals surface area (Å²) in [5.74, 6) is -2.66. The first-order valence-electron chi connectivity index (χ1n) is 3.18. The average molecular weight is 204 g/mol. The second kappa shape index (κ2) is 3.02. The summed E-state index contributed by atoms with van der Waals surface area (Å²) in [5.41, 5.74) is 4.45. The zero-order chi connectivity index (χ0) is 10.2. The molecule has 0 aliphatic carbocycles. The molecule has 0 aromatic heterocycles. The number of nitrogens with two attached hydrogens (primary N) is 1. The van der Waals surface area contributed by atoms with Gasteiger partial charge < -0.3 is 21.1 Å². The second-order valence-electron chi connectivity index (χ2n) is 2.32. The van der Waals surface area contributed by atoms with Crippen molar-refractivity contribution in [2.45, 2.75) is 0 Å². The Morgan fingerprint density at radius 1 is 1.38 bits per heavy atom.